The highest BCUT2D eigenvalue weighted by Crippen LogP contribution is 2.44. The Morgan fingerprint density at radius 3 is 2.48 bits per heavy atom. The molecule has 1 aromatic heterocycles. The largest absolute Gasteiger partial charge is 0.378 e. The summed E-state index contributed by atoms with van der Waals surface area (Å²) in [6.07, 6.45) is 0. The zero-order valence-electron chi connectivity index (χ0n) is 18.1. The van der Waals surface area contributed by atoms with Gasteiger partial charge in [0, 0.05) is 34.9 Å². The number of morpholine rings is 1. The zero-order chi connectivity index (χ0) is 22.2. The summed E-state index contributed by atoms with van der Waals surface area (Å²) in [5.41, 5.74) is 6.95. The highest BCUT2D eigenvalue weighted by molar-refractivity contribution is 7.98. The van der Waals surface area contributed by atoms with Crippen molar-refractivity contribution in [3.05, 3.63) is 90.1 Å². The number of ether oxygens (including phenoxy) is 1. The Morgan fingerprint density at radius 1 is 0.879 bits per heavy atom. The first-order valence-corrected chi connectivity index (χ1v) is 12.1. The third kappa shape index (κ3) is 3.65. The van der Waals surface area contributed by atoms with E-state index in [9.17, 15) is 4.79 Å². The van der Waals surface area contributed by atoms with Gasteiger partial charge in [-0.1, -0.05) is 60.7 Å². The summed E-state index contributed by atoms with van der Waals surface area (Å²) >= 11 is 1.77. The van der Waals surface area contributed by atoms with Crippen LogP contribution in [0.25, 0.3) is 28.1 Å². The first-order chi connectivity index (χ1) is 16.3. The fourth-order valence-electron chi connectivity index (χ4n) is 4.52. The lowest BCUT2D eigenvalue weighted by Crippen LogP contribution is -2.41. The quantitative estimate of drug-likeness (QED) is 0.423. The van der Waals surface area contributed by atoms with Crippen LogP contribution in [0.2, 0.25) is 0 Å². The molecule has 0 aliphatic carbocycles. The fourth-order valence-corrected chi connectivity index (χ4v) is 5.59. The van der Waals surface area contributed by atoms with Crippen LogP contribution in [0.5, 0.6) is 0 Å². The number of benzene rings is 3. The van der Waals surface area contributed by atoms with E-state index < -0.39 is 0 Å². The molecule has 6 rings (SSSR count). The molecule has 0 saturated carbocycles. The molecule has 164 valence electrons. The van der Waals surface area contributed by atoms with Crippen LogP contribution in [0.3, 0.4) is 0 Å². The number of aromatic nitrogens is 2. The van der Waals surface area contributed by atoms with E-state index in [4.69, 9.17) is 9.84 Å². The summed E-state index contributed by atoms with van der Waals surface area (Å²) in [6.45, 7) is 2.36. The average Bonchev–Trinajstić information content (AvgIpc) is 3.30. The van der Waals surface area contributed by atoms with Crippen molar-refractivity contribution in [3.8, 4) is 28.1 Å². The minimum atomic E-state index is -0.00695. The monoisotopic (exact) mass is 453 g/mol. The van der Waals surface area contributed by atoms with Gasteiger partial charge in [-0.2, -0.15) is 5.10 Å². The molecule has 0 radical (unpaired) electrons. The molecule has 0 unspecified atom stereocenters. The summed E-state index contributed by atoms with van der Waals surface area (Å²) in [6, 6.07) is 27.1. The van der Waals surface area contributed by atoms with E-state index in [2.05, 4.69) is 60.7 Å². The van der Waals surface area contributed by atoms with Crippen molar-refractivity contribution in [2.75, 3.05) is 26.3 Å². The predicted molar refractivity (Wildman–Crippen MR) is 131 cm³/mol. The predicted octanol–water partition coefficient (Wildman–Crippen LogP) is 5.28. The number of carbonyl (C=O) groups is 1. The van der Waals surface area contributed by atoms with Crippen LogP contribution < -0.4 is 0 Å². The Kier molecular flexibility index (Phi) is 5.24. The first kappa shape index (κ1) is 20.3. The summed E-state index contributed by atoms with van der Waals surface area (Å²) in [5, 5.41) is 4.94. The molecule has 0 bridgehead atoms. The molecule has 2 aliphatic heterocycles. The number of nitrogens with zero attached hydrogens (tertiary/aromatic N) is 3. The average molecular weight is 454 g/mol. The molecule has 3 aromatic carbocycles. The van der Waals surface area contributed by atoms with Crippen LogP contribution in [-0.2, 0) is 10.5 Å². The van der Waals surface area contributed by atoms with Crippen molar-refractivity contribution in [1.82, 2.24) is 14.7 Å². The smallest absolute Gasteiger partial charge is 0.274 e. The molecule has 0 spiro atoms. The third-order valence-electron chi connectivity index (χ3n) is 6.20. The van der Waals surface area contributed by atoms with Crippen molar-refractivity contribution in [3.63, 3.8) is 0 Å². The summed E-state index contributed by atoms with van der Waals surface area (Å²) in [7, 11) is 0. The van der Waals surface area contributed by atoms with Gasteiger partial charge in [-0.3, -0.25) is 4.79 Å². The fraction of sp³-hybridized carbons (Fsp3) is 0.185. The Labute approximate surface area is 197 Å². The Hall–Kier alpha value is -3.35. The molecule has 5 nitrogen and oxygen atoms in total. The van der Waals surface area contributed by atoms with E-state index in [1.54, 1.807) is 11.8 Å². The molecule has 1 amide bonds. The summed E-state index contributed by atoms with van der Waals surface area (Å²) in [4.78, 5) is 16.6. The van der Waals surface area contributed by atoms with Crippen molar-refractivity contribution < 1.29 is 9.53 Å². The van der Waals surface area contributed by atoms with Gasteiger partial charge in [0.15, 0.2) is 5.69 Å². The standard InChI is InChI=1S/C27H23N3O2S/c31-27(29-13-15-32-16-14-29)25-23-18-33-24-12-5-4-11-22(24)26(23)30(28-25)21-10-6-9-20(17-21)19-7-2-1-3-8-19/h1-12,17H,13-16,18H2. The van der Waals surface area contributed by atoms with Gasteiger partial charge in [0.1, 0.15) is 0 Å². The molecule has 1 saturated heterocycles. The second-order valence-electron chi connectivity index (χ2n) is 8.19. The molecule has 33 heavy (non-hydrogen) atoms. The minimum Gasteiger partial charge on any atom is -0.378 e. The van der Waals surface area contributed by atoms with Crippen molar-refractivity contribution >= 4 is 17.7 Å². The van der Waals surface area contributed by atoms with Crippen LogP contribution in [0.4, 0.5) is 0 Å². The van der Waals surface area contributed by atoms with Gasteiger partial charge in [0.05, 0.1) is 24.6 Å². The number of rotatable bonds is 3. The van der Waals surface area contributed by atoms with Crippen molar-refractivity contribution in [1.29, 1.82) is 0 Å². The number of hydrogen-bond acceptors (Lipinski definition) is 4. The topological polar surface area (TPSA) is 47.4 Å². The molecular weight excluding hydrogens is 430 g/mol. The zero-order valence-corrected chi connectivity index (χ0v) is 18.9. The van der Waals surface area contributed by atoms with E-state index in [1.165, 1.54) is 4.90 Å². The highest BCUT2D eigenvalue weighted by Gasteiger charge is 2.31. The van der Waals surface area contributed by atoms with Gasteiger partial charge >= 0.3 is 0 Å². The van der Waals surface area contributed by atoms with Crippen molar-refractivity contribution in [2.24, 2.45) is 0 Å². The second kappa shape index (κ2) is 8.54. The number of thioether (sulfide) groups is 1. The van der Waals surface area contributed by atoms with Crippen LogP contribution in [0, 0.1) is 0 Å². The van der Waals surface area contributed by atoms with Crippen LogP contribution in [0.15, 0.2) is 83.8 Å². The molecule has 4 aromatic rings. The van der Waals surface area contributed by atoms with E-state index in [0.717, 1.165) is 39.4 Å². The molecule has 0 atom stereocenters. The second-order valence-corrected chi connectivity index (χ2v) is 9.21. The Bertz CT molecular complexity index is 1330. The number of carbonyl (C=O) groups excluding carboxylic acids is 1. The number of amides is 1. The van der Waals surface area contributed by atoms with E-state index in [-0.39, 0.29) is 5.91 Å². The maximum absolute atomic E-state index is 13.5. The van der Waals surface area contributed by atoms with Crippen LogP contribution in [-0.4, -0.2) is 46.9 Å². The SMILES string of the molecule is O=C(c1nn(-c2cccc(-c3ccccc3)c2)c2c1CSc1ccccc1-2)N1CCOCC1. The maximum atomic E-state index is 13.5. The van der Waals surface area contributed by atoms with Gasteiger partial charge in [-0.05, 0) is 29.3 Å². The molecule has 1 fully saturated rings. The molecule has 6 heteroatoms. The van der Waals surface area contributed by atoms with Gasteiger partial charge < -0.3 is 9.64 Å². The Balaban J connectivity index is 1.52. The van der Waals surface area contributed by atoms with Crippen molar-refractivity contribution in [2.45, 2.75) is 10.6 Å². The van der Waals surface area contributed by atoms with E-state index in [1.807, 2.05) is 27.8 Å². The molecule has 3 heterocycles. The number of fused-ring (bicyclic) bond motifs is 3. The van der Waals surface area contributed by atoms with Gasteiger partial charge in [0.2, 0.25) is 0 Å². The van der Waals surface area contributed by atoms with Crippen LogP contribution >= 0.6 is 11.8 Å². The van der Waals surface area contributed by atoms with Gasteiger partial charge in [0.25, 0.3) is 5.91 Å². The third-order valence-corrected chi connectivity index (χ3v) is 7.30. The lowest BCUT2D eigenvalue weighted by atomic mass is 10.0. The van der Waals surface area contributed by atoms with Gasteiger partial charge in [-0.25, -0.2) is 4.68 Å². The van der Waals surface area contributed by atoms with Gasteiger partial charge in [-0.15, -0.1) is 11.8 Å². The molecular formula is C27H23N3O2S. The maximum Gasteiger partial charge on any atom is 0.274 e. The van der Waals surface area contributed by atoms with E-state index in [0.29, 0.717) is 32.0 Å². The minimum absolute atomic E-state index is 0.00695. The lowest BCUT2D eigenvalue weighted by Gasteiger charge is -2.26. The lowest BCUT2D eigenvalue weighted by molar-refractivity contribution is 0.0298. The number of hydrogen-bond donors (Lipinski definition) is 0. The first-order valence-electron chi connectivity index (χ1n) is 11.2. The summed E-state index contributed by atoms with van der Waals surface area (Å²) in [5.74, 6) is 0.725. The highest BCUT2D eigenvalue weighted by atomic mass is 32.2. The molecule has 0 N–H and O–H groups in total. The normalized spacial score (nSPS) is 15.1. The van der Waals surface area contributed by atoms with E-state index >= 15 is 0 Å². The summed E-state index contributed by atoms with van der Waals surface area (Å²) < 4.78 is 7.42. The Morgan fingerprint density at radius 2 is 1.64 bits per heavy atom. The molecule has 2 aliphatic rings. The van der Waals surface area contributed by atoms with Crippen LogP contribution in [0.1, 0.15) is 16.1 Å².